The second-order valence-electron chi connectivity index (χ2n) is 7.72. The van der Waals surface area contributed by atoms with Crippen LogP contribution < -0.4 is 0 Å². The van der Waals surface area contributed by atoms with Gasteiger partial charge in [-0.15, -0.1) is 0 Å². The van der Waals surface area contributed by atoms with Gasteiger partial charge in [-0.1, -0.05) is 42.0 Å². The van der Waals surface area contributed by atoms with Crippen LogP contribution in [0.3, 0.4) is 0 Å². The van der Waals surface area contributed by atoms with Crippen LogP contribution in [0.5, 0.6) is 0 Å². The molecule has 140 valence electrons. The first-order valence-electron chi connectivity index (χ1n) is 8.99. The number of rotatable bonds is 3. The Bertz CT molecular complexity index is 570. The third-order valence-electron chi connectivity index (χ3n) is 5.24. The van der Waals surface area contributed by atoms with Crippen LogP contribution in [0.4, 0.5) is 0 Å². The van der Waals surface area contributed by atoms with Crippen LogP contribution in [-0.4, -0.2) is 41.9 Å². The normalized spacial score (nSPS) is 35.7. The summed E-state index contributed by atoms with van der Waals surface area (Å²) in [5.41, 5.74) is 2.86. The van der Waals surface area contributed by atoms with Crippen molar-refractivity contribution in [2.75, 3.05) is 13.7 Å². The van der Waals surface area contributed by atoms with E-state index in [1.165, 1.54) is 5.57 Å². The van der Waals surface area contributed by atoms with Crippen LogP contribution in [0.25, 0.3) is 0 Å². The Morgan fingerprint density at radius 2 is 2.08 bits per heavy atom. The maximum atomic E-state index is 10.4. The standard InChI is InChI=1S/C21H32O4/c1-14-8-9-18-16(7-6-10-21(3,4)24-5)13-25-20(23)19(18)15(2)12-17(22)11-14/h6-7,10-11,17-20,22-23H,2,8-9,12-13H2,1,3-5H3/b10-6+,14-11+,16-7-/t17-,18+,19-,20-/m0/s1. The number of ether oxygens (including phenoxy) is 2. The van der Waals surface area contributed by atoms with Gasteiger partial charge in [0.1, 0.15) is 0 Å². The van der Waals surface area contributed by atoms with Crippen LogP contribution in [0.2, 0.25) is 0 Å². The van der Waals surface area contributed by atoms with Gasteiger partial charge in [0.05, 0.1) is 18.3 Å². The predicted molar refractivity (Wildman–Crippen MR) is 100 cm³/mol. The number of hydrogen-bond donors (Lipinski definition) is 2. The molecule has 1 heterocycles. The molecule has 0 bridgehead atoms. The number of hydrogen-bond acceptors (Lipinski definition) is 4. The Balaban J connectivity index is 2.28. The van der Waals surface area contributed by atoms with E-state index >= 15 is 0 Å². The molecule has 4 atom stereocenters. The van der Waals surface area contributed by atoms with Crippen molar-refractivity contribution in [3.05, 3.63) is 47.6 Å². The highest BCUT2D eigenvalue weighted by Crippen LogP contribution is 2.40. The molecule has 0 aromatic heterocycles. The highest BCUT2D eigenvalue weighted by atomic mass is 16.6. The predicted octanol–water partition coefficient (Wildman–Crippen LogP) is 3.52. The van der Waals surface area contributed by atoms with Crippen molar-refractivity contribution < 1.29 is 19.7 Å². The summed E-state index contributed by atoms with van der Waals surface area (Å²) in [6, 6.07) is 0. The van der Waals surface area contributed by atoms with Crippen molar-refractivity contribution in [1.82, 2.24) is 0 Å². The number of aliphatic hydroxyl groups excluding tert-OH is 2. The van der Waals surface area contributed by atoms with Gasteiger partial charge < -0.3 is 19.7 Å². The van der Waals surface area contributed by atoms with Crippen LogP contribution in [-0.2, 0) is 9.47 Å². The minimum atomic E-state index is -0.861. The summed E-state index contributed by atoms with van der Waals surface area (Å²) in [7, 11) is 1.69. The largest absolute Gasteiger partial charge is 0.389 e. The molecule has 2 aliphatic rings. The molecule has 1 aliphatic carbocycles. The van der Waals surface area contributed by atoms with Gasteiger partial charge in [-0.05, 0) is 51.5 Å². The fourth-order valence-electron chi connectivity index (χ4n) is 3.57. The highest BCUT2D eigenvalue weighted by molar-refractivity contribution is 5.25. The second-order valence-corrected chi connectivity index (χ2v) is 7.72. The van der Waals surface area contributed by atoms with Crippen LogP contribution in [0, 0.1) is 11.8 Å². The number of fused-ring (bicyclic) bond motifs is 1. The van der Waals surface area contributed by atoms with Crippen molar-refractivity contribution in [1.29, 1.82) is 0 Å². The smallest absolute Gasteiger partial charge is 0.162 e. The zero-order valence-corrected chi connectivity index (χ0v) is 15.9. The molecule has 4 nitrogen and oxygen atoms in total. The van der Waals surface area contributed by atoms with E-state index in [0.29, 0.717) is 13.0 Å². The van der Waals surface area contributed by atoms with Crippen molar-refractivity contribution in [3.63, 3.8) is 0 Å². The summed E-state index contributed by atoms with van der Waals surface area (Å²) in [6.07, 6.45) is 8.84. The molecule has 0 amide bonds. The topological polar surface area (TPSA) is 58.9 Å². The fraction of sp³-hybridized carbons (Fsp3) is 0.619. The summed E-state index contributed by atoms with van der Waals surface area (Å²) in [5.74, 6) is -0.0157. The van der Waals surface area contributed by atoms with Gasteiger partial charge >= 0.3 is 0 Å². The number of aliphatic hydroxyl groups is 2. The lowest BCUT2D eigenvalue weighted by Crippen LogP contribution is -2.39. The average molecular weight is 348 g/mol. The van der Waals surface area contributed by atoms with Gasteiger partial charge in [-0.3, -0.25) is 0 Å². The molecule has 0 unspecified atom stereocenters. The molecule has 1 saturated heterocycles. The molecule has 1 fully saturated rings. The van der Waals surface area contributed by atoms with Gasteiger partial charge in [0.15, 0.2) is 6.29 Å². The van der Waals surface area contributed by atoms with Crippen molar-refractivity contribution in [3.8, 4) is 0 Å². The van der Waals surface area contributed by atoms with Crippen molar-refractivity contribution in [2.24, 2.45) is 11.8 Å². The first kappa shape index (κ1) is 20.1. The van der Waals surface area contributed by atoms with E-state index in [-0.39, 0.29) is 17.4 Å². The molecule has 4 heteroatoms. The summed E-state index contributed by atoms with van der Waals surface area (Å²) in [5, 5.41) is 20.6. The molecule has 0 radical (unpaired) electrons. The molecule has 25 heavy (non-hydrogen) atoms. The van der Waals surface area contributed by atoms with E-state index in [1.54, 1.807) is 7.11 Å². The van der Waals surface area contributed by atoms with Gasteiger partial charge in [-0.2, -0.15) is 0 Å². The Hall–Kier alpha value is -1.20. The quantitative estimate of drug-likeness (QED) is 0.766. The van der Waals surface area contributed by atoms with Gasteiger partial charge in [0.25, 0.3) is 0 Å². The number of allylic oxidation sites excluding steroid dienone is 3. The minimum Gasteiger partial charge on any atom is -0.389 e. The molecule has 1 aliphatic heterocycles. The maximum Gasteiger partial charge on any atom is 0.162 e. The summed E-state index contributed by atoms with van der Waals surface area (Å²) in [6.45, 7) is 10.6. The Morgan fingerprint density at radius 3 is 2.76 bits per heavy atom. The van der Waals surface area contributed by atoms with E-state index in [0.717, 1.165) is 24.0 Å². The first-order valence-corrected chi connectivity index (χ1v) is 8.99. The van der Waals surface area contributed by atoms with Gasteiger partial charge in [0.2, 0.25) is 0 Å². The average Bonchev–Trinajstić information content (AvgIpc) is 2.58. The van der Waals surface area contributed by atoms with E-state index in [1.807, 2.05) is 39.0 Å². The summed E-state index contributed by atoms with van der Waals surface area (Å²) >= 11 is 0. The highest BCUT2D eigenvalue weighted by Gasteiger charge is 2.38. The molecule has 0 saturated carbocycles. The van der Waals surface area contributed by atoms with E-state index in [9.17, 15) is 10.2 Å². The molecular formula is C21H32O4. The maximum absolute atomic E-state index is 10.4. The fourth-order valence-corrected chi connectivity index (χ4v) is 3.57. The second kappa shape index (κ2) is 8.45. The molecule has 0 aromatic carbocycles. The zero-order chi connectivity index (χ0) is 18.6. The monoisotopic (exact) mass is 348 g/mol. The SMILES string of the molecule is C=C1C[C@@H](O)/C=C(\C)CC[C@@H]2/C(=C\C=C\C(C)(C)OC)CO[C@H](O)[C@@H]12. The van der Waals surface area contributed by atoms with Gasteiger partial charge in [-0.25, -0.2) is 0 Å². The Morgan fingerprint density at radius 1 is 1.36 bits per heavy atom. The van der Waals surface area contributed by atoms with Crippen LogP contribution in [0.1, 0.15) is 40.0 Å². The lowest BCUT2D eigenvalue weighted by Gasteiger charge is -2.38. The molecule has 0 aromatic rings. The Kier molecular flexibility index (Phi) is 6.80. The van der Waals surface area contributed by atoms with Crippen LogP contribution >= 0.6 is 0 Å². The third kappa shape index (κ3) is 5.38. The first-order chi connectivity index (χ1) is 11.7. The Labute approximate surface area is 151 Å². The zero-order valence-electron chi connectivity index (χ0n) is 15.9. The van der Waals surface area contributed by atoms with E-state index in [4.69, 9.17) is 9.47 Å². The minimum absolute atomic E-state index is 0.167. The molecule has 2 rings (SSSR count). The lowest BCUT2D eigenvalue weighted by molar-refractivity contribution is -0.149. The van der Waals surface area contributed by atoms with Crippen LogP contribution in [0.15, 0.2) is 47.6 Å². The third-order valence-corrected chi connectivity index (χ3v) is 5.24. The summed E-state index contributed by atoms with van der Waals surface area (Å²) in [4.78, 5) is 0. The summed E-state index contributed by atoms with van der Waals surface area (Å²) < 4.78 is 11.0. The van der Waals surface area contributed by atoms with Gasteiger partial charge in [0, 0.05) is 13.0 Å². The number of methoxy groups -OCH3 is 1. The molecule has 2 N–H and O–H groups in total. The van der Waals surface area contributed by atoms with Crippen molar-refractivity contribution in [2.45, 2.75) is 58.0 Å². The van der Waals surface area contributed by atoms with E-state index < -0.39 is 12.4 Å². The molecular weight excluding hydrogens is 316 g/mol. The lowest BCUT2D eigenvalue weighted by atomic mass is 9.75. The van der Waals surface area contributed by atoms with E-state index in [2.05, 4.69) is 12.7 Å². The van der Waals surface area contributed by atoms with Crippen molar-refractivity contribution >= 4 is 0 Å². The molecule has 0 spiro atoms.